The molecule has 0 saturated carbocycles. The summed E-state index contributed by atoms with van der Waals surface area (Å²) in [4.78, 5) is 14.3. The topological polar surface area (TPSA) is 29.5 Å². The van der Waals surface area contributed by atoms with Gasteiger partial charge in [-0.25, -0.2) is 0 Å². The summed E-state index contributed by atoms with van der Waals surface area (Å²) in [5.41, 5.74) is 0.812. The molecule has 0 radical (unpaired) electrons. The van der Waals surface area contributed by atoms with Crippen LogP contribution in [0.3, 0.4) is 0 Å². The van der Waals surface area contributed by atoms with Gasteiger partial charge in [-0.15, -0.1) is 0 Å². The maximum atomic E-state index is 12.2. The van der Waals surface area contributed by atoms with Gasteiger partial charge in [0.05, 0.1) is 28.1 Å². The molecule has 1 aromatic carbocycles. The van der Waals surface area contributed by atoms with E-state index in [0.29, 0.717) is 32.4 Å². The van der Waals surface area contributed by atoms with Crippen molar-refractivity contribution in [2.24, 2.45) is 0 Å². The Kier molecular flexibility index (Phi) is 5.46. The number of hydrogen-bond acceptors (Lipinski definition) is 4. The molecular weight excluding hydrogens is 337 g/mol. The lowest BCUT2D eigenvalue weighted by molar-refractivity contribution is -0.122. The van der Waals surface area contributed by atoms with Crippen molar-refractivity contribution in [2.75, 3.05) is 20.3 Å². The van der Waals surface area contributed by atoms with Gasteiger partial charge in [0, 0.05) is 7.11 Å². The van der Waals surface area contributed by atoms with Crippen LogP contribution in [0, 0.1) is 0 Å². The number of benzene rings is 1. The predicted molar refractivity (Wildman–Crippen MR) is 88.2 cm³/mol. The van der Waals surface area contributed by atoms with Crippen LogP contribution >= 0.6 is 47.2 Å². The van der Waals surface area contributed by atoms with Crippen molar-refractivity contribution < 1.29 is 9.53 Å². The Morgan fingerprint density at radius 2 is 2.15 bits per heavy atom. The summed E-state index contributed by atoms with van der Waals surface area (Å²) in [7, 11) is 1.59. The van der Waals surface area contributed by atoms with Gasteiger partial charge in [0.25, 0.3) is 5.91 Å². The maximum Gasteiger partial charge on any atom is 0.266 e. The molecule has 0 bridgehead atoms. The molecule has 7 heteroatoms. The van der Waals surface area contributed by atoms with Crippen molar-refractivity contribution in [2.45, 2.75) is 0 Å². The fourth-order valence-corrected chi connectivity index (χ4v) is 3.24. The minimum atomic E-state index is -0.108. The first kappa shape index (κ1) is 15.8. The molecule has 0 unspecified atom stereocenters. The van der Waals surface area contributed by atoms with Crippen molar-refractivity contribution in [1.29, 1.82) is 0 Å². The van der Waals surface area contributed by atoms with E-state index in [2.05, 4.69) is 0 Å². The summed E-state index contributed by atoms with van der Waals surface area (Å²) in [6.45, 7) is 0.909. The number of carbonyl (C=O) groups excluding carboxylic acids is 1. The summed E-state index contributed by atoms with van der Waals surface area (Å²) in [6.07, 6.45) is 1.76. The number of ether oxygens (including phenoxy) is 1. The molecule has 1 saturated heterocycles. The lowest BCUT2D eigenvalue weighted by Crippen LogP contribution is -2.31. The third kappa shape index (κ3) is 3.54. The van der Waals surface area contributed by atoms with E-state index in [1.807, 2.05) is 0 Å². The summed E-state index contributed by atoms with van der Waals surface area (Å²) in [5, 5.41) is 0.937. The highest BCUT2D eigenvalue weighted by Gasteiger charge is 2.31. The molecule has 0 N–H and O–H groups in total. The van der Waals surface area contributed by atoms with E-state index in [1.165, 1.54) is 16.7 Å². The number of methoxy groups -OCH3 is 1. The van der Waals surface area contributed by atoms with E-state index < -0.39 is 0 Å². The van der Waals surface area contributed by atoms with Crippen LogP contribution in [0.5, 0.6) is 0 Å². The number of carbonyl (C=O) groups is 1. The molecule has 0 aliphatic carbocycles. The molecule has 2 rings (SSSR count). The molecule has 1 aliphatic heterocycles. The Morgan fingerprint density at radius 1 is 1.40 bits per heavy atom. The Hall–Kier alpha value is -0.590. The second kappa shape index (κ2) is 6.91. The molecule has 1 heterocycles. The predicted octanol–water partition coefficient (Wildman–Crippen LogP) is 3.84. The highest BCUT2D eigenvalue weighted by Crippen LogP contribution is 2.33. The van der Waals surface area contributed by atoms with Gasteiger partial charge in [0.1, 0.15) is 4.32 Å². The normalized spacial score (nSPS) is 17.4. The van der Waals surface area contributed by atoms with Crippen molar-refractivity contribution >= 4 is 63.5 Å². The second-order valence-electron chi connectivity index (χ2n) is 4.00. The zero-order valence-electron chi connectivity index (χ0n) is 10.6. The Labute approximate surface area is 136 Å². The number of hydrogen-bond donors (Lipinski definition) is 0. The fourth-order valence-electron chi connectivity index (χ4n) is 1.63. The lowest BCUT2D eigenvalue weighted by atomic mass is 10.2. The van der Waals surface area contributed by atoms with E-state index in [4.69, 9.17) is 40.2 Å². The van der Waals surface area contributed by atoms with E-state index in [9.17, 15) is 4.79 Å². The number of halogens is 2. The van der Waals surface area contributed by atoms with E-state index in [-0.39, 0.29) is 5.91 Å². The van der Waals surface area contributed by atoms with Gasteiger partial charge in [-0.2, -0.15) is 0 Å². The zero-order valence-corrected chi connectivity index (χ0v) is 13.7. The van der Waals surface area contributed by atoms with Crippen LogP contribution in [0.2, 0.25) is 10.0 Å². The van der Waals surface area contributed by atoms with E-state index in [1.54, 1.807) is 31.4 Å². The number of rotatable bonds is 4. The van der Waals surface area contributed by atoms with Crippen molar-refractivity contribution in [3.05, 3.63) is 38.7 Å². The molecule has 0 aromatic heterocycles. The van der Waals surface area contributed by atoms with Gasteiger partial charge >= 0.3 is 0 Å². The minimum Gasteiger partial charge on any atom is -0.383 e. The van der Waals surface area contributed by atoms with Crippen LogP contribution in [0.25, 0.3) is 6.08 Å². The van der Waals surface area contributed by atoms with E-state index >= 15 is 0 Å². The van der Waals surface area contributed by atoms with Crippen LogP contribution in [-0.2, 0) is 9.53 Å². The van der Waals surface area contributed by atoms with Crippen molar-refractivity contribution in [3.63, 3.8) is 0 Å². The largest absolute Gasteiger partial charge is 0.383 e. The van der Waals surface area contributed by atoms with Crippen LogP contribution in [0.1, 0.15) is 5.56 Å². The average molecular weight is 348 g/mol. The highest BCUT2D eigenvalue weighted by molar-refractivity contribution is 8.26. The molecule has 1 fully saturated rings. The van der Waals surface area contributed by atoms with Crippen LogP contribution in [0.4, 0.5) is 0 Å². The van der Waals surface area contributed by atoms with Crippen LogP contribution < -0.4 is 0 Å². The maximum absolute atomic E-state index is 12.2. The number of nitrogens with zero attached hydrogens (tertiary/aromatic N) is 1. The summed E-state index contributed by atoms with van der Waals surface area (Å²) in [5.74, 6) is -0.108. The molecule has 1 aromatic rings. The van der Waals surface area contributed by atoms with Gasteiger partial charge in [-0.3, -0.25) is 9.69 Å². The average Bonchev–Trinajstić information content (AvgIpc) is 2.67. The minimum absolute atomic E-state index is 0.108. The van der Waals surface area contributed by atoms with Crippen LogP contribution in [0.15, 0.2) is 23.1 Å². The first-order chi connectivity index (χ1) is 9.52. The van der Waals surface area contributed by atoms with Gasteiger partial charge in [0.15, 0.2) is 0 Å². The molecule has 106 valence electrons. The third-order valence-corrected chi connectivity index (χ3v) is 4.75. The molecule has 1 aliphatic rings. The highest BCUT2D eigenvalue weighted by atomic mass is 35.5. The van der Waals surface area contributed by atoms with E-state index in [0.717, 1.165) is 5.56 Å². The Balaban J connectivity index is 2.20. The Morgan fingerprint density at radius 3 is 2.80 bits per heavy atom. The molecule has 20 heavy (non-hydrogen) atoms. The van der Waals surface area contributed by atoms with Gasteiger partial charge in [-0.1, -0.05) is 53.2 Å². The number of amides is 1. The van der Waals surface area contributed by atoms with Gasteiger partial charge in [0.2, 0.25) is 0 Å². The SMILES string of the molecule is COCCN1C(=O)C(=Cc2ccc(Cl)c(Cl)c2)SC1=S. The first-order valence-electron chi connectivity index (χ1n) is 5.72. The van der Waals surface area contributed by atoms with Crippen LogP contribution in [-0.4, -0.2) is 35.4 Å². The molecule has 1 amide bonds. The zero-order chi connectivity index (χ0) is 14.7. The monoisotopic (exact) mass is 347 g/mol. The Bertz CT molecular complexity index is 590. The molecule has 3 nitrogen and oxygen atoms in total. The van der Waals surface area contributed by atoms with Crippen molar-refractivity contribution in [1.82, 2.24) is 4.90 Å². The smallest absolute Gasteiger partial charge is 0.266 e. The number of thiocarbonyl (C=S) groups is 1. The molecular formula is C13H11Cl2NO2S2. The van der Waals surface area contributed by atoms with Gasteiger partial charge < -0.3 is 4.74 Å². The summed E-state index contributed by atoms with van der Waals surface area (Å²) >= 11 is 18.3. The summed E-state index contributed by atoms with van der Waals surface area (Å²) < 4.78 is 5.51. The molecule has 0 atom stereocenters. The molecule has 0 spiro atoms. The standard InChI is InChI=1S/C13H11Cl2NO2S2/c1-18-5-4-16-12(17)11(20-13(16)19)7-8-2-3-9(14)10(15)6-8/h2-3,6-7H,4-5H2,1H3. The van der Waals surface area contributed by atoms with Gasteiger partial charge in [-0.05, 0) is 23.8 Å². The summed E-state index contributed by atoms with van der Waals surface area (Å²) in [6, 6.07) is 5.21. The number of thioether (sulfide) groups is 1. The second-order valence-corrected chi connectivity index (χ2v) is 6.49. The van der Waals surface area contributed by atoms with Crippen molar-refractivity contribution in [3.8, 4) is 0 Å². The fraction of sp³-hybridized carbons (Fsp3) is 0.231. The first-order valence-corrected chi connectivity index (χ1v) is 7.70. The quantitative estimate of drug-likeness (QED) is 0.611. The lowest BCUT2D eigenvalue weighted by Gasteiger charge is -2.12. The third-order valence-electron chi connectivity index (χ3n) is 2.63.